The molecule has 2 atom stereocenters. The molecule has 23 heavy (non-hydrogen) atoms. The van der Waals surface area contributed by atoms with Crippen LogP contribution in [0.1, 0.15) is 35.2 Å². The van der Waals surface area contributed by atoms with E-state index < -0.39 is 0 Å². The van der Waals surface area contributed by atoms with Crippen molar-refractivity contribution in [3.05, 3.63) is 65.7 Å². The largest absolute Gasteiger partial charge is 0.399 e. The highest BCUT2D eigenvalue weighted by atomic mass is 35.5. The Morgan fingerprint density at radius 3 is 2.61 bits per heavy atom. The zero-order valence-corrected chi connectivity index (χ0v) is 13.9. The van der Waals surface area contributed by atoms with Crippen LogP contribution in [0.25, 0.3) is 0 Å². The lowest BCUT2D eigenvalue weighted by atomic mass is 9.94. The van der Waals surface area contributed by atoms with Gasteiger partial charge in [-0.25, -0.2) is 0 Å². The molecule has 1 saturated carbocycles. The molecule has 1 amide bonds. The predicted octanol–water partition coefficient (Wildman–Crippen LogP) is 3.83. The van der Waals surface area contributed by atoms with Crippen LogP contribution in [-0.2, 0) is 6.42 Å². The van der Waals surface area contributed by atoms with E-state index in [2.05, 4.69) is 29.6 Å². The summed E-state index contributed by atoms with van der Waals surface area (Å²) in [5, 5.41) is 3.20. The third-order valence-electron chi connectivity index (χ3n) is 4.47. The molecule has 122 valence electrons. The van der Waals surface area contributed by atoms with Gasteiger partial charge in [-0.15, -0.1) is 12.4 Å². The fourth-order valence-electron chi connectivity index (χ4n) is 3.32. The van der Waals surface area contributed by atoms with Crippen LogP contribution in [0, 0.1) is 5.92 Å². The highest BCUT2D eigenvalue weighted by Gasteiger charge is 2.28. The molecule has 0 aromatic heterocycles. The van der Waals surface area contributed by atoms with E-state index in [-0.39, 0.29) is 24.4 Å². The maximum atomic E-state index is 12.4. The molecule has 1 aliphatic rings. The van der Waals surface area contributed by atoms with Gasteiger partial charge in [0.05, 0.1) is 0 Å². The predicted molar refractivity (Wildman–Crippen MR) is 96.8 cm³/mol. The number of nitrogens with one attached hydrogen (secondary N) is 1. The maximum absolute atomic E-state index is 12.4. The van der Waals surface area contributed by atoms with Crippen LogP contribution in [0.5, 0.6) is 0 Å². The molecule has 1 fully saturated rings. The zero-order valence-electron chi connectivity index (χ0n) is 13.1. The zero-order chi connectivity index (χ0) is 15.4. The van der Waals surface area contributed by atoms with E-state index in [4.69, 9.17) is 5.73 Å². The second-order valence-electron chi connectivity index (χ2n) is 6.09. The monoisotopic (exact) mass is 330 g/mol. The molecular formula is C19H23ClN2O. The number of hydrogen-bond acceptors (Lipinski definition) is 2. The highest BCUT2D eigenvalue weighted by Crippen LogP contribution is 2.29. The number of hydrogen-bond donors (Lipinski definition) is 2. The van der Waals surface area contributed by atoms with Gasteiger partial charge in [0, 0.05) is 17.3 Å². The smallest absolute Gasteiger partial charge is 0.251 e. The summed E-state index contributed by atoms with van der Waals surface area (Å²) in [6, 6.07) is 17.9. The van der Waals surface area contributed by atoms with E-state index in [1.54, 1.807) is 12.1 Å². The van der Waals surface area contributed by atoms with E-state index in [9.17, 15) is 4.79 Å². The average molecular weight is 331 g/mol. The molecule has 0 aliphatic heterocycles. The third kappa shape index (κ3) is 4.49. The van der Waals surface area contributed by atoms with Crippen molar-refractivity contribution in [3.8, 4) is 0 Å². The standard InChI is InChI=1S/C19H22N2O.ClH/c20-17-10-4-9-16(13-17)19(22)21-18-11-5-8-15(18)12-14-6-2-1-3-7-14;/h1-4,6-7,9-10,13,15,18H,5,8,11-12,20H2,(H,21,22);1H. The summed E-state index contributed by atoms with van der Waals surface area (Å²) in [7, 11) is 0. The number of nitrogens with two attached hydrogens (primary N) is 1. The Labute approximate surface area is 143 Å². The molecule has 0 radical (unpaired) electrons. The molecule has 3 rings (SSSR count). The summed E-state index contributed by atoms with van der Waals surface area (Å²) in [5.41, 5.74) is 8.37. The SMILES string of the molecule is Cl.Nc1cccc(C(=O)NC2CCCC2Cc2ccccc2)c1. The van der Waals surface area contributed by atoms with Gasteiger partial charge in [-0.05, 0) is 48.9 Å². The number of anilines is 1. The van der Waals surface area contributed by atoms with Crippen molar-refractivity contribution in [2.24, 2.45) is 5.92 Å². The summed E-state index contributed by atoms with van der Waals surface area (Å²) in [6.45, 7) is 0. The number of benzene rings is 2. The minimum absolute atomic E-state index is 0. The molecule has 2 aromatic rings. The Morgan fingerprint density at radius 2 is 1.87 bits per heavy atom. The van der Waals surface area contributed by atoms with Crippen LogP contribution in [0.2, 0.25) is 0 Å². The second-order valence-corrected chi connectivity index (χ2v) is 6.09. The van der Waals surface area contributed by atoms with E-state index in [1.807, 2.05) is 18.2 Å². The fraction of sp³-hybridized carbons (Fsp3) is 0.316. The van der Waals surface area contributed by atoms with Gasteiger partial charge in [0.25, 0.3) is 5.91 Å². The molecule has 3 N–H and O–H groups in total. The topological polar surface area (TPSA) is 55.1 Å². The van der Waals surface area contributed by atoms with Gasteiger partial charge < -0.3 is 11.1 Å². The highest BCUT2D eigenvalue weighted by molar-refractivity contribution is 5.95. The average Bonchev–Trinajstić information content (AvgIpc) is 2.95. The van der Waals surface area contributed by atoms with Gasteiger partial charge in [-0.2, -0.15) is 0 Å². The Balaban J connectivity index is 0.00000192. The molecule has 3 nitrogen and oxygen atoms in total. The normalized spacial score (nSPS) is 19.8. The second kappa shape index (κ2) is 8.02. The first kappa shape index (κ1) is 17.4. The molecule has 1 aliphatic carbocycles. The van der Waals surface area contributed by atoms with Crippen LogP contribution in [0.3, 0.4) is 0 Å². The first-order chi connectivity index (χ1) is 10.7. The first-order valence-electron chi connectivity index (χ1n) is 7.93. The molecule has 4 heteroatoms. The maximum Gasteiger partial charge on any atom is 0.251 e. The van der Waals surface area contributed by atoms with Gasteiger partial charge in [0.15, 0.2) is 0 Å². The quantitative estimate of drug-likeness (QED) is 0.837. The summed E-state index contributed by atoms with van der Waals surface area (Å²) >= 11 is 0. The summed E-state index contributed by atoms with van der Waals surface area (Å²) in [4.78, 5) is 12.4. The lowest BCUT2D eigenvalue weighted by Gasteiger charge is -2.21. The van der Waals surface area contributed by atoms with Crippen LogP contribution in [-0.4, -0.2) is 11.9 Å². The van der Waals surface area contributed by atoms with Crippen molar-refractivity contribution in [2.75, 3.05) is 5.73 Å². The van der Waals surface area contributed by atoms with Gasteiger partial charge >= 0.3 is 0 Å². The molecule has 0 heterocycles. The Morgan fingerprint density at radius 1 is 1.09 bits per heavy atom. The van der Waals surface area contributed by atoms with Gasteiger partial charge in [-0.3, -0.25) is 4.79 Å². The number of rotatable bonds is 4. The Kier molecular flexibility index (Phi) is 6.05. The van der Waals surface area contributed by atoms with Crippen LogP contribution < -0.4 is 11.1 Å². The summed E-state index contributed by atoms with van der Waals surface area (Å²) in [5.74, 6) is 0.504. The molecule has 0 bridgehead atoms. The van der Waals surface area contributed by atoms with Crippen molar-refractivity contribution in [1.82, 2.24) is 5.32 Å². The van der Waals surface area contributed by atoms with Crippen molar-refractivity contribution >= 4 is 24.0 Å². The fourth-order valence-corrected chi connectivity index (χ4v) is 3.32. The van der Waals surface area contributed by atoms with Crippen molar-refractivity contribution in [3.63, 3.8) is 0 Å². The lowest BCUT2D eigenvalue weighted by molar-refractivity contribution is 0.0928. The minimum atomic E-state index is -0.0164. The number of amides is 1. The van der Waals surface area contributed by atoms with E-state index in [1.165, 1.54) is 18.4 Å². The molecule has 2 unspecified atom stereocenters. The van der Waals surface area contributed by atoms with Crippen LogP contribution >= 0.6 is 12.4 Å². The van der Waals surface area contributed by atoms with E-state index in [0.717, 1.165) is 12.8 Å². The molecule has 0 saturated heterocycles. The van der Waals surface area contributed by atoms with Crippen LogP contribution in [0.15, 0.2) is 54.6 Å². The number of carbonyl (C=O) groups is 1. The Hall–Kier alpha value is -2.00. The molecule has 2 aromatic carbocycles. The van der Waals surface area contributed by atoms with E-state index in [0.29, 0.717) is 17.2 Å². The van der Waals surface area contributed by atoms with Gasteiger partial charge in [0.2, 0.25) is 0 Å². The van der Waals surface area contributed by atoms with Crippen LogP contribution in [0.4, 0.5) is 5.69 Å². The van der Waals surface area contributed by atoms with Crippen molar-refractivity contribution in [2.45, 2.75) is 31.7 Å². The number of carbonyl (C=O) groups excluding carboxylic acids is 1. The van der Waals surface area contributed by atoms with Crippen molar-refractivity contribution in [1.29, 1.82) is 0 Å². The van der Waals surface area contributed by atoms with Gasteiger partial charge in [-0.1, -0.05) is 42.8 Å². The lowest BCUT2D eigenvalue weighted by Crippen LogP contribution is -2.38. The Bertz CT molecular complexity index is 645. The van der Waals surface area contributed by atoms with Crippen molar-refractivity contribution < 1.29 is 4.79 Å². The summed E-state index contributed by atoms with van der Waals surface area (Å²) < 4.78 is 0. The van der Waals surface area contributed by atoms with Gasteiger partial charge in [0.1, 0.15) is 0 Å². The summed E-state index contributed by atoms with van der Waals surface area (Å²) in [6.07, 6.45) is 4.45. The molecular weight excluding hydrogens is 308 g/mol. The first-order valence-corrected chi connectivity index (χ1v) is 7.93. The minimum Gasteiger partial charge on any atom is -0.399 e. The number of halogens is 1. The molecule has 0 spiro atoms. The number of nitrogen functional groups attached to an aromatic ring is 1. The van der Waals surface area contributed by atoms with E-state index >= 15 is 0 Å². The third-order valence-corrected chi connectivity index (χ3v) is 4.47.